The summed E-state index contributed by atoms with van der Waals surface area (Å²) >= 11 is 0. The molecule has 0 unspecified atom stereocenters. The summed E-state index contributed by atoms with van der Waals surface area (Å²) in [7, 11) is 0. The highest BCUT2D eigenvalue weighted by atomic mass is 19.1. The van der Waals surface area contributed by atoms with Crippen molar-refractivity contribution in [3.63, 3.8) is 0 Å². The average molecular weight is 309 g/mol. The fraction of sp³-hybridized carbons (Fsp3) is 0.611. The van der Waals surface area contributed by atoms with Gasteiger partial charge in [-0.15, -0.1) is 0 Å². The van der Waals surface area contributed by atoms with E-state index in [-0.39, 0.29) is 11.7 Å². The van der Waals surface area contributed by atoms with Crippen LogP contribution in [0.3, 0.4) is 0 Å². The van der Waals surface area contributed by atoms with Crippen molar-refractivity contribution in [3.05, 3.63) is 30.1 Å². The molecule has 0 spiro atoms. The van der Waals surface area contributed by atoms with Crippen LogP contribution in [0.1, 0.15) is 52.9 Å². The molecule has 22 heavy (non-hydrogen) atoms. The summed E-state index contributed by atoms with van der Waals surface area (Å²) in [6.07, 6.45) is 4.37. The van der Waals surface area contributed by atoms with Crippen LogP contribution in [0.25, 0.3) is 0 Å². The summed E-state index contributed by atoms with van der Waals surface area (Å²) in [5, 5.41) is 2.95. The van der Waals surface area contributed by atoms with E-state index in [4.69, 9.17) is 4.74 Å². The molecule has 0 heterocycles. The fourth-order valence-electron chi connectivity index (χ4n) is 2.32. The first-order valence-corrected chi connectivity index (χ1v) is 8.31. The molecule has 0 aliphatic heterocycles. The van der Waals surface area contributed by atoms with E-state index in [1.165, 1.54) is 18.9 Å². The standard InChI is InChI=1S/C18H28FNO2/c1-4-7-10-14(5-2)13-20-18(21)16(6-3)22-17-12-9-8-11-15(17)19/h8-9,11-12,14,16H,4-7,10,13H2,1-3H3,(H,20,21)/t14-,16-/m0/s1. The molecule has 0 fully saturated rings. The topological polar surface area (TPSA) is 38.3 Å². The molecule has 2 atom stereocenters. The van der Waals surface area contributed by atoms with Gasteiger partial charge < -0.3 is 10.1 Å². The van der Waals surface area contributed by atoms with Crippen LogP contribution < -0.4 is 10.1 Å². The largest absolute Gasteiger partial charge is 0.478 e. The second-order valence-electron chi connectivity index (χ2n) is 5.61. The van der Waals surface area contributed by atoms with Crippen molar-refractivity contribution in [2.24, 2.45) is 5.92 Å². The Hall–Kier alpha value is -1.58. The molecule has 1 aromatic carbocycles. The van der Waals surface area contributed by atoms with E-state index >= 15 is 0 Å². The third kappa shape index (κ3) is 6.04. The number of unbranched alkanes of at least 4 members (excludes halogenated alkanes) is 1. The van der Waals surface area contributed by atoms with E-state index in [1.807, 2.05) is 6.92 Å². The van der Waals surface area contributed by atoms with Crippen molar-refractivity contribution in [1.29, 1.82) is 0 Å². The Kier molecular flexibility index (Phi) is 8.56. The number of benzene rings is 1. The van der Waals surface area contributed by atoms with Crippen LogP contribution in [0.2, 0.25) is 0 Å². The zero-order chi connectivity index (χ0) is 16.4. The zero-order valence-corrected chi connectivity index (χ0v) is 13.9. The monoisotopic (exact) mass is 309 g/mol. The lowest BCUT2D eigenvalue weighted by molar-refractivity contribution is -0.128. The minimum atomic E-state index is -0.652. The molecule has 1 aromatic rings. The van der Waals surface area contributed by atoms with Gasteiger partial charge in [0.15, 0.2) is 17.7 Å². The van der Waals surface area contributed by atoms with Gasteiger partial charge in [0.2, 0.25) is 0 Å². The molecule has 0 aliphatic carbocycles. The molecule has 0 bridgehead atoms. The van der Waals surface area contributed by atoms with E-state index in [0.29, 0.717) is 18.9 Å². The summed E-state index contributed by atoms with van der Waals surface area (Å²) in [5.41, 5.74) is 0. The molecule has 124 valence electrons. The number of para-hydroxylation sites is 1. The van der Waals surface area contributed by atoms with E-state index < -0.39 is 11.9 Å². The minimum Gasteiger partial charge on any atom is -0.478 e. The Morgan fingerprint density at radius 2 is 1.95 bits per heavy atom. The Morgan fingerprint density at radius 1 is 1.23 bits per heavy atom. The number of rotatable bonds is 10. The maximum absolute atomic E-state index is 13.6. The fourth-order valence-corrected chi connectivity index (χ4v) is 2.32. The lowest BCUT2D eigenvalue weighted by atomic mass is 9.99. The van der Waals surface area contributed by atoms with Gasteiger partial charge in [0.05, 0.1) is 0 Å². The predicted molar refractivity (Wildman–Crippen MR) is 87.4 cm³/mol. The highest BCUT2D eigenvalue weighted by Gasteiger charge is 2.20. The van der Waals surface area contributed by atoms with Gasteiger partial charge in [-0.25, -0.2) is 4.39 Å². The van der Waals surface area contributed by atoms with Crippen LogP contribution in [0.5, 0.6) is 5.75 Å². The molecular formula is C18H28FNO2. The van der Waals surface area contributed by atoms with Gasteiger partial charge in [0.25, 0.3) is 5.91 Å². The molecular weight excluding hydrogens is 281 g/mol. The van der Waals surface area contributed by atoms with Crippen LogP contribution in [-0.2, 0) is 4.79 Å². The zero-order valence-electron chi connectivity index (χ0n) is 13.9. The number of carbonyl (C=O) groups is 1. The molecule has 0 radical (unpaired) electrons. The highest BCUT2D eigenvalue weighted by Crippen LogP contribution is 2.18. The van der Waals surface area contributed by atoms with Gasteiger partial charge in [-0.05, 0) is 30.9 Å². The van der Waals surface area contributed by atoms with Crippen LogP contribution in [0.4, 0.5) is 4.39 Å². The van der Waals surface area contributed by atoms with Crippen LogP contribution in [0, 0.1) is 11.7 Å². The van der Waals surface area contributed by atoms with Crippen LogP contribution in [-0.4, -0.2) is 18.6 Å². The summed E-state index contributed by atoms with van der Waals surface area (Å²) in [6.45, 7) is 6.83. The second-order valence-corrected chi connectivity index (χ2v) is 5.61. The maximum atomic E-state index is 13.6. The number of amides is 1. The van der Waals surface area contributed by atoms with Gasteiger partial charge in [-0.3, -0.25) is 4.79 Å². The Morgan fingerprint density at radius 3 is 2.55 bits per heavy atom. The lowest BCUT2D eigenvalue weighted by Crippen LogP contribution is -2.40. The Bertz CT molecular complexity index is 450. The molecule has 0 aromatic heterocycles. The van der Waals surface area contributed by atoms with Crippen molar-refractivity contribution in [3.8, 4) is 5.75 Å². The molecule has 0 saturated heterocycles. The lowest BCUT2D eigenvalue weighted by Gasteiger charge is -2.20. The first kappa shape index (κ1) is 18.5. The number of hydrogen-bond donors (Lipinski definition) is 1. The Labute approximate surface area is 133 Å². The van der Waals surface area contributed by atoms with Crippen molar-refractivity contribution in [2.75, 3.05) is 6.54 Å². The Balaban J connectivity index is 2.52. The van der Waals surface area contributed by atoms with Crippen LogP contribution >= 0.6 is 0 Å². The van der Waals surface area contributed by atoms with Crippen molar-refractivity contribution in [2.45, 2.75) is 59.0 Å². The normalized spacial score (nSPS) is 13.5. The summed E-state index contributed by atoms with van der Waals surface area (Å²) in [5.74, 6) is 0.0150. The molecule has 1 rings (SSSR count). The predicted octanol–water partition coefficient (Wildman–Crippen LogP) is 4.32. The number of halogens is 1. The minimum absolute atomic E-state index is 0.127. The number of hydrogen-bond acceptors (Lipinski definition) is 2. The van der Waals surface area contributed by atoms with E-state index in [9.17, 15) is 9.18 Å². The highest BCUT2D eigenvalue weighted by molar-refractivity contribution is 5.81. The molecule has 3 nitrogen and oxygen atoms in total. The number of nitrogens with one attached hydrogen (secondary N) is 1. The molecule has 1 N–H and O–H groups in total. The van der Waals surface area contributed by atoms with Crippen molar-refractivity contribution < 1.29 is 13.9 Å². The molecule has 0 saturated carbocycles. The quantitative estimate of drug-likeness (QED) is 0.699. The smallest absolute Gasteiger partial charge is 0.261 e. The van der Waals surface area contributed by atoms with Gasteiger partial charge >= 0.3 is 0 Å². The van der Waals surface area contributed by atoms with E-state index in [0.717, 1.165) is 12.8 Å². The maximum Gasteiger partial charge on any atom is 0.261 e. The van der Waals surface area contributed by atoms with E-state index in [1.54, 1.807) is 18.2 Å². The molecule has 1 amide bonds. The molecule has 4 heteroatoms. The molecule has 0 aliphatic rings. The average Bonchev–Trinajstić information content (AvgIpc) is 2.54. The van der Waals surface area contributed by atoms with Gasteiger partial charge in [0, 0.05) is 6.54 Å². The van der Waals surface area contributed by atoms with Crippen molar-refractivity contribution >= 4 is 5.91 Å². The third-order valence-corrected chi connectivity index (χ3v) is 3.88. The van der Waals surface area contributed by atoms with Gasteiger partial charge in [-0.1, -0.05) is 52.2 Å². The van der Waals surface area contributed by atoms with Gasteiger partial charge in [-0.2, -0.15) is 0 Å². The SMILES string of the molecule is CCCC[C@H](CC)CNC(=O)[C@H](CC)Oc1ccccc1F. The second kappa shape index (κ2) is 10.2. The number of carbonyl (C=O) groups excluding carboxylic acids is 1. The first-order chi connectivity index (χ1) is 10.6. The summed E-state index contributed by atoms with van der Waals surface area (Å²) in [4.78, 5) is 12.2. The van der Waals surface area contributed by atoms with Crippen LogP contribution in [0.15, 0.2) is 24.3 Å². The first-order valence-electron chi connectivity index (χ1n) is 8.31. The van der Waals surface area contributed by atoms with E-state index in [2.05, 4.69) is 19.2 Å². The summed E-state index contributed by atoms with van der Waals surface area (Å²) in [6, 6.07) is 6.17. The van der Waals surface area contributed by atoms with Crippen molar-refractivity contribution in [1.82, 2.24) is 5.32 Å². The summed E-state index contributed by atoms with van der Waals surface area (Å²) < 4.78 is 19.1. The number of ether oxygens (including phenoxy) is 1. The third-order valence-electron chi connectivity index (χ3n) is 3.88. The van der Waals surface area contributed by atoms with Gasteiger partial charge in [0.1, 0.15) is 0 Å².